The standard InChI is InChI=1S/C8H7FN2O3/c9-6-2-1-5(3-8(10)12)7(4-6)11(13)14/h1-2,4H,3H2,(H2,10,12). The van der Waals surface area contributed by atoms with Gasteiger partial charge < -0.3 is 5.73 Å². The summed E-state index contributed by atoms with van der Waals surface area (Å²) in [7, 11) is 0. The van der Waals surface area contributed by atoms with Crippen molar-refractivity contribution in [3.63, 3.8) is 0 Å². The van der Waals surface area contributed by atoms with E-state index in [4.69, 9.17) is 5.73 Å². The highest BCUT2D eigenvalue weighted by Crippen LogP contribution is 2.19. The fourth-order valence-corrected chi connectivity index (χ4v) is 1.04. The van der Waals surface area contributed by atoms with Crippen LogP contribution in [0.5, 0.6) is 0 Å². The Bertz CT molecular complexity index is 392. The normalized spacial score (nSPS) is 9.79. The SMILES string of the molecule is NC(=O)Cc1ccc(F)cc1[N+](=O)[O-]. The minimum Gasteiger partial charge on any atom is -0.369 e. The second-order valence-corrected chi connectivity index (χ2v) is 2.67. The summed E-state index contributed by atoms with van der Waals surface area (Å²) >= 11 is 0. The molecule has 74 valence electrons. The van der Waals surface area contributed by atoms with Gasteiger partial charge in [0, 0.05) is 5.56 Å². The van der Waals surface area contributed by atoms with E-state index in [0.717, 1.165) is 12.1 Å². The molecule has 6 heteroatoms. The number of halogens is 1. The van der Waals surface area contributed by atoms with E-state index in [1.807, 2.05) is 0 Å². The average Bonchev–Trinajstić information content (AvgIpc) is 2.07. The summed E-state index contributed by atoms with van der Waals surface area (Å²) in [5, 5.41) is 10.4. The maximum atomic E-state index is 12.6. The van der Waals surface area contributed by atoms with Gasteiger partial charge in [-0.15, -0.1) is 0 Å². The van der Waals surface area contributed by atoms with Crippen LogP contribution in [0.25, 0.3) is 0 Å². The first-order valence-corrected chi connectivity index (χ1v) is 3.72. The third-order valence-corrected chi connectivity index (χ3v) is 1.61. The van der Waals surface area contributed by atoms with E-state index in [9.17, 15) is 19.3 Å². The number of nitrogens with zero attached hydrogens (tertiary/aromatic N) is 1. The fraction of sp³-hybridized carbons (Fsp3) is 0.125. The van der Waals surface area contributed by atoms with Crippen LogP contribution in [0.4, 0.5) is 10.1 Å². The van der Waals surface area contributed by atoms with E-state index in [0.29, 0.717) is 0 Å². The topological polar surface area (TPSA) is 86.2 Å². The van der Waals surface area contributed by atoms with Crippen LogP contribution in [0.3, 0.4) is 0 Å². The van der Waals surface area contributed by atoms with Crippen molar-refractivity contribution in [3.05, 3.63) is 39.7 Å². The fourth-order valence-electron chi connectivity index (χ4n) is 1.04. The maximum absolute atomic E-state index is 12.6. The van der Waals surface area contributed by atoms with Crippen LogP contribution < -0.4 is 5.73 Å². The summed E-state index contributed by atoms with van der Waals surface area (Å²) in [5.41, 5.74) is 4.56. The molecular weight excluding hydrogens is 191 g/mol. The van der Waals surface area contributed by atoms with Crippen molar-refractivity contribution >= 4 is 11.6 Å². The number of hydrogen-bond donors (Lipinski definition) is 1. The molecule has 0 saturated heterocycles. The minimum absolute atomic E-state index is 0.115. The number of nitro benzene ring substituents is 1. The minimum atomic E-state index is -0.749. The molecule has 0 aliphatic heterocycles. The van der Waals surface area contributed by atoms with E-state index in [-0.39, 0.29) is 12.0 Å². The number of benzene rings is 1. The van der Waals surface area contributed by atoms with Gasteiger partial charge in [-0.25, -0.2) is 4.39 Å². The zero-order valence-electron chi connectivity index (χ0n) is 7.07. The molecule has 1 aromatic carbocycles. The van der Waals surface area contributed by atoms with Gasteiger partial charge in [-0.1, -0.05) is 0 Å². The Labute approximate surface area is 78.5 Å². The lowest BCUT2D eigenvalue weighted by Crippen LogP contribution is -2.14. The van der Waals surface area contributed by atoms with Crippen molar-refractivity contribution in [3.8, 4) is 0 Å². The van der Waals surface area contributed by atoms with Crippen molar-refractivity contribution in [2.24, 2.45) is 5.73 Å². The highest BCUT2D eigenvalue weighted by atomic mass is 19.1. The van der Waals surface area contributed by atoms with Gasteiger partial charge in [0.05, 0.1) is 17.4 Å². The lowest BCUT2D eigenvalue weighted by Gasteiger charge is -1.99. The molecule has 1 amide bonds. The summed E-state index contributed by atoms with van der Waals surface area (Å²) in [6.07, 6.45) is -0.267. The zero-order valence-corrected chi connectivity index (χ0v) is 7.07. The summed E-state index contributed by atoms with van der Waals surface area (Å²) in [6.45, 7) is 0. The van der Waals surface area contributed by atoms with Gasteiger partial charge in [-0.2, -0.15) is 0 Å². The summed E-state index contributed by atoms with van der Waals surface area (Å²) in [6, 6.07) is 2.99. The Kier molecular flexibility index (Phi) is 2.76. The van der Waals surface area contributed by atoms with Crippen LogP contribution in [-0.2, 0) is 11.2 Å². The molecule has 0 spiro atoms. The van der Waals surface area contributed by atoms with Crippen molar-refractivity contribution in [1.82, 2.24) is 0 Å². The molecule has 0 heterocycles. The lowest BCUT2D eigenvalue weighted by atomic mass is 10.1. The molecule has 14 heavy (non-hydrogen) atoms. The van der Waals surface area contributed by atoms with Crippen LogP contribution in [0.15, 0.2) is 18.2 Å². The molecular formula is C8H7FN2O3. The van der Waals surface area contributed by atoms with Crippen molar-refractivity contribution in [2.45, 2.75) is 6.42 Å². The lowest BCUT2D eigenvalue weighted by molar-refractivity contribution is -0.385. The summed E-state index contributed by atoms with van der Waals surface area (Å²) in [4.78, 5) is 20.2. The van der Waals surface area contributed by atoms with E-state index >= 15 is 0 Å². The molecule has 1 rings (SSSR count). The first-order chi connectivity index (χ1) is 6.50. The van der Waals surface area contributed by atoms with Gasteiger partial charge in [0.25, 0.3) is 5.69 Å². The Hall–Kier alpha value is -1.98. The number of nitrogens with two attached hydrogens (primary N) is 1. The van der Waals surface area contributed by atoms with Gasteiger partial charge in [0.1, 0.15) is 5.82 Å². The highest BCUT2D eigenvalue weighted by molar-refractivity contribution is 5.77. The predicted octanol–water partition coefficient (Wildman–Crippen LogP) is 0.762. The molecule has 1 aromatic rings. The quantitative estimate of drug-likeness (QED) is 0.574. The smallest absolute Gasteiger partial charge is 0.276 e. The number of carbonyl (C=O) groups is 1. The molecule has 0 bridgehead atoms. The van der Waals surface area contributed by atoms with Gasteiger partial charge in [-0.3, -0.25) is 14.9 Å². The molecule has 0 aliphatic rings. The molecule has 0 unspecified atom stereocenters. The summed E-state index contributed by atoms with van der Waals surface area (Å²) in [5.74, 6) is -1.41. The Balaban J connectivity index is 3.14. The molecule has 0 radical (unpaired) electrons. The van der Waals surface area contributed by atoms with Crippen molar-refractivity contribution < 1.29 is 14.1 Å². The van der Waals surface area contributed by atoms with Gasteiger partial charge in [0.15, 0.2) is 0 Å². The van der Waals surface area contributed by atoms with Crippen LogP contribution in [0.1, 0.15) is 5.56 Å². The monoisotopic (exact) mass is 198 g/mol. The molecule has 5 nitrogen and oxygen atoms in total. The Morgan fingerprint density at radius 1 is 1.57 bits per heavy atom. The first kappa shape index (κ1) is 10.1. The number of rotatable bonds is 3. The largest absolute Gasteiger partial charge is 0.369 e. The zero-order chi connectivity index (χ0) is 10.7. The maximum Gasteiger partial charge on any atom is 0.276 e. The molecule has 0 atom stereocenters. The van der Waals surface area contributed by atoms with Crippen molar-refractivity contribution in [2.75, 3.05) is 0 Å². The van der Waals surface area contributed by atoms with Crippen LogP contribution in [0, 0.1) is 15.9 Å². The van der Waals surface area contributed by atoms with Gasteiger partial charge >= 0.3 is 0 Å². The number of nitro groups is 1. The number of amides is 1. The van der Waals surface area contributed by atoms with Gasteiger partial charge in [0.2, 0.25) is 5.91 Å². The Morgan fingerprint density at radius 3 is 2.71 bits per heavy atom. The van der Waals surface area contributed by atoms with E-state index in [1.54, 1.807) is 0 Å². The van der Waals surface area contributed by atoms with Crippen LogP contribution >= 0.6 is 0 Å². The van der Waals surface area contributed by atoms with Crippen LogP contribution in [-0.4, -0.2) is 10.8 Å². The van der Waals surface area contributed by atoms with E-state index in [2.05, 4.69) is 0 Å². The highest BCUT2D eigenvalue weighted by Gasteiger charge is 2.15. The molecule has 0 saturated carbocycles. The van der Waals surface area contributed by atoms with E-state index in [1.165, 1.54) is 6.07 Å². The molecule has 0 aromatic heterocycles. The van der Waals surface area contributed by atoms with E-state index < -0.39 is 22.3 Å². The number of carbonyl (C=O) groups excluding carboxylic acids is 1. The number of primary amides is 1. The molecule has 0 aliphatic carbocycles. The predicted molar refractivity (Wildman–Crippen MR) is 46.0 cm³/mol. The van der Waals surface area contributed by atoms with Crippen molar-refractivity contribution in [1.29, 1.82) is 0 Å². The third-order valence-electron chi connectivity index (χ3n) is 1.61. The Morgan fingerprint density at radius 2 is 2.21 bits per heavy atom. The molecule has 0 fully saturated rings. The van der Waals surface area contributed by atoms with Gasteiger partial charge in [-0.05, 0) is 12.1 Å². The van der Waals surface area contributed by atoms with Crippen LogP contribution in [0.2, 0.25) is 0 Å². The average molecular weight is 198 g/mol. The number of hydrogen-bond acceptors (Lipinski definition) is 3. The first-order valence-electron chi connectivity index (χ1n) is 3.72. The second kappa shape index (κ2) is 3.82. The second-order valence-electron chi connectivity index (χ2n) is 2.67. The third kappa shape index (κ3) is 2.25. The molecule has 2 N–H and O–H groups in total. The summed E-state index contributed by atoms with van der Waals surface area (Å²) < 4.78 is 12.6.